The molecule has 0 spiro atoms. The van der Waals surface area contributed by atoms with Crippen LogP contribution >= 0.6 is 11.6 Å². The number of hydrogen-bond acceptors (Lipinski definition) is 3. The van der Waals surface area contributed by atoms with Gasteiger partial charge in [-0.25, -0.2) is 4.79 Å². The fraction of sp³-hybridized carbons (Fsp3) is 0.0882. The zero-order chi connectivity index (χ0) is 31.4. The molecule has 1 amide bonds. The second-order valence-corrected chi connectivity index (χ2v) is 10.5. The Morgan fingerprint density at radius 2 is 1.43 bits per heavy atom. The number of nitrogens with one attached hydrogen (secondary N) is 1. The first-order valence-corrected chi connectivity index (χ1v) is 13.8. The van der Waals surface area contributed by atoms with E-state index < -0.39 is 35.2 Å². The predicted octanol–water partition coefficient (Wildman–Crippen LogP) is 7.98. The fourth-order valence-electron chi connectivity index (χ4n) is 4.74. The number of pyridine rings is 1. The van der Waals surface area contributed by atoms with E-state index in [4.69, 9.17) is 11.6 Å². The molecular formula is C34H24ClF3N2O4. The van der Waals surface area contributed by atoms with E-state index in [1.807, 2.05) is 30.3 Å². The molecule has 1 unspecified atom stereocenters. The normalized spacial score (nSPS) is 12.0. The summed E-state index contributed by atoms with van der Waals surface area (Å²) in [6.07, 6.45) is -3.57. The van der Waals surface area contributed by atoms with E-state index in [0.29, 0.717) is 10.6 Å². The van der Waals surface area contributed by atoms with Crippen molar-refractivity contribution in [2.75, 3.05) is 5.32 Å². The molecule has 0 aliphatic carbocycles. The van der Waals surface area contributed by atoms with Gasteiger partial charge in [0.1, 0.15) is 11.7 Å². The van der Waals surface area contributed by atoms with Gasteiger partial charge in [0.15, 0.2) is 0 Å². The standard InChI is InChI=1S/C34H24ClF3N2O4/c35-28-15-9-21(10-16-28)17-30(33(43)44)40-20-26(25-7-4-8-27(18-25)34(36,37)38)19-29(32(40)42)39-31(41)24-13-11-23(12-14-24)22-5-2-1-3-6-22/h1-16,18-20,30H,17H2,(H,39,41)(H,43,44). The lowest BCUT2D eigenvalue weighted by atomic mass is 10.0. The quantitative estimate of drug-likeness (QED) is 0.185. The number of carbonyl (C=O) groups excluding carboxylic acids is 1. The first kappa shape index (κ1) is 30.3. The van der Waals surface area contributed by atoms with Gasteiger partial charge < -0.3 is 10.4 Å². The minimum atomic E-state index is -4.63. The molecule has 0 saturated carbocycles. The molecule has 0 saturated heterocycles. The maximum atomic E-state index is 13.7. The maximum Gasteiger partial charge on any atom is 0.416 e. The zero-order valence-electron chi connectivity index (χ0n) is 22.9. The van der Waals surface area contributed by atoms with E-state index in [1.165, 1.54) is 24.4 Å². The SMILES string of the molecule is O=C(Nc1cc(-c2cccc(C(F)(F)F)c2)cn(C(Cc2ccc(Cl)cc2)C(=O)O)c1=O)c1ccc(-c2ccccc2)cc1. The van der Waals surface area contributed by atoms with E-state index in [0.717, 1.165) is 27.8 Å². The Labute approximate surface area is 255 Å². The van der Waals surface area contributed by atoms with Gasteiger partial charge in [-0.05, 0) is 64.7 Å². The Hall–Kier alpha value is -5.15. The first-order valence-electron chi connectivity index (χ1n) is 13.4. The molecule has 5 aromatic rings. The lowest BCUT2D eigenvalue weighted by Gasteiger charge is -2.19. The van der Waals surface area contributed by atoms with Crippen molar-refractivity contribution in [2.45, 2.75) is 18.6 Å². The highest BCUT2D eigenvalue weighted by atomic mass is 35.5. The zero-order valence-corrected chi connectivity index (χ0v) is 23.6. The van der Waals surface area contributed by atoms with Crippen LogP contribution in [0.4, 0.5) is 18.9 Å². The van der Waals surface area contributed by atoms with Crippen LogP contribution in [0, 0.1) is 0 Å². The number of hydrogen-bond donors (Lipinski definition) is 2. The van der Waals surface area contributed by atoms with Crippen LogP contribution in [-0.4, -0.2) is 21.6 Å². The van der Waals surface area contributed by atoms with Gasteiger partial charge in [0.25, 0.3) is 11.5 Å². The van der Waals surface area contributed by atoms with Gasteiger partial charge in [-0.15, -0.1) is 0 Å². The van der Waals surface area contributed by atoms with Crippen molar-refractivity contribution in [3.8, 4) is 22.3 Å². The van der Waals surface area contributed by atoms with Gasteiger partial charge in [0.2, 0.25) is 0 Å². The van der Waals surface area contributed by atoms with Crippen LogP contribution in [0.5, 0.6) is 0 Å². The number of alkyl halides is 3. The summed E-state index contributed by atoms with van der Waals surface area (Å²) in [6.45, 7) is 0. The largest absolute Gasteiger partial charge is 0.480 e. The van der Waals surface area contributed by atoms with Crippen LogP contribution in [0.15, 0.2) is 120 Å². The number of carbonyl (C=O) groups is 2. The highest BCUT2D eigenvalue weighted by Gasteiger charge is 2.31. The molecule has 5 rings (SSSR count). The minimum Gasteiger partial charge on any atom is -0.480 e. The number of benzene rings is 4. The maximum absolute atomic E-state index is 13.7. The molecule has 6 nitrogen and oxygen atoms in total. The fourth-order valence-corrected chi connectivity index (χ4v) is 4.87. The van der Waals surface area contributed by atoms with Gasteiger partial charge >= 0.3 is 12.1 Å². The van der Waals surface area contributed by atoms with E-state index in [-0.39, 0.29) is 28.8 Å². The Morgan fingerprint density at radius 1 is 0.795 bits per heavy atom. The minimum absolute atomic E-state index is 0.0759. The molecule has 0 aliphatic heterocycles. The number of rotatable bonds is 8. The van der Waals surface area contributed by atoms with Crippen LogP contribution in [0.1, 0.15) is 27.5 Å². The average molecular weight is 617 g/mol. The van der Waals surface area contributed by atoms with Crippen LogP contribution < -0.4 is 10.9 Å². The molecule has 0 aliphatic rings. The molecule has 10 heteroatoms. The molecule has 2 N–H and O–H groups in total. The Kier molecular flexibility index (Phi) is 8.69. The van der Waals surface area contributed by atoms with E-state index >= 15 is 0 Å². The summed E-state index contributed by atoms with van der Waals surface area (Å²) in [5.41, 5.74) is 0.709. The molecular weight excluding hydrogens is 593 g/mol. The molecule has 0 fully saturated rings. The monoisotopic (exact) mass is 616 g/mol. The third kappa shape index (κ3) is 6.90. The lowest BCUT2D eigenvalue weighted by molar-refractivity contribution is -0.141. The van der Waals surface area contributed by atoms with Crippen molar-refractivity contribution in [2.24, 2.45) is 0 Å². The van der Waals surface area contributed by atoms with Gasteiger partial charge in [-0.2, -0.15) is 13.2 Å². The van der Waals surface area contributed by atoms with Crippen molar-refractivity contribution >= 4 is 29.2 Å². The summed E-state index contributed by atoms with van der Waals surface area (Å²) in [5.74, 6) is -2.00. The highest BCUT2D eigenvalue weighted by molar-refractivity contribution is 6.30. The summed E-state index contributed by atoms with van der Waals surface area (Å²) in [5, 5.41) is 13.1. The van der Waals surface area contributed by atoms with Crippen LogP contribution in [0.3, 0.4) is 0 Å². The average Bonchev–Trinajstić information content (AvgIpc) is 3.02. The van der Waals surface area contributed by atoms with Gasteiger partial charge in [0.05, 0.1) is 5.56 Å². The number of carboxylic acids is 1. The summed E-state index contributed by atoms with van der Waals surface area (Å²) in [6, 6.07) is 26.7. The summed E-state index contributed by atoms with van der Waals surface area (Å²) < 4.78 is 41.4. The van der Waals surface area contributed by atoms with E-state index in [2.05, 4.69) is 5.32 Å². The van der Waals surface area contributed by atoms with Crippen LogP contribution in [-0.2, 0) is 17.4 Å². The summed E-state index contributed by atoms with van der Waals surface area (Å²) in [7, 11) is 0. The summed E-state index contributed by atoms with van der Waals surface area (Å²) >= 11 is 5.95. The van der Waals surface area contributed by atoms with Crippen molar-refractivity contribution < 1.29 is 27.9 Å². The molecule has 1 aromatic heterocycles. The molecule has 4 aromatic carbocycles. The lowest BCUT2D eigenvalue weighted by Crippen LogP contribution is -2.33. The van der Waals surface area contributed by atoms with Crippen molar-refractivity contribution in [3.63, 3.8) is 0 Å². The summed E-state index contributed by atoms with van der Waals surface area (Å²) in [4.78, 5) is 39.3. The van der Waals surface area contributed by atoms with Crippen molar-refractivity contribution in [3.05, 3.63) is 147 Å². The van der Waals surface area contributed by atoms with E-state index in [1.54, 1.807) is 48.5 Å². The molecule has 1 atom stereocenters. The van der Waals surface area contributed by atoms with Crippen LogP contribution in [0.2, 0.25) is 5.02 Å². The molecule has 1 heterocycles. The topological polar surface area (TPSA) is 88.4 Å². The predicted molar refractivity (Wildman–Crippen MR) is 163 cm³/mol. The Bertz CT molecular complexity index is 1870. The molecule has 0 bridgehead atoms. The third-order valence-corrected chi connectivity index (χ3v) is 7.28. The van der Waals surface area contributed by atoms with Gasteiger partial charge in [0, 0.05) is 28.8 Å². The Balaban J connectivity index is 1.56. The number of aromatic nitrogens is 1. The molecule has 44 heavy (non-hydrogen) atoms. The van der Waals surface area contributed by atoms with Gasteiger partial charge in [-0.1, -0.05) is 78.3 Å². The smallest absolute Gasteiger partial charge is 0.416 e. The number of aliphatic carboxylic acids is 1. The number of nitrogens with zero attached hydrogens (tertiary/aromatic N) is 1. The van der Waals surface area contributed by atoms with Crippen LogP contribution in [0.25, 0.3) is 22.3 Å². The number of halogens is 4. The first-order chi connectivity index (χ1) is 21.0. The second-order valence-electron chi connectivity index (χ2n) is 10.0. The second kappa shape index (κ2) is 12.6. The van der Waals surface area contributed by atoms with Crippen molar-refractivity contribution in [1.29, 1.82) is 0 Å². The third-order valence-electron chi connectivity index (χ3n) is 7.03. The van der Waals surface area contributed by atoms with E-state index in [9.17, 15) is 32.7 Å². The molecule has 0 radical (unpaired) electrons. The number of carboxylic acid groups (broad SMARTS) is 1. The van der Waals surface area contributed by atoms with Gasteiger partial charge in [-0.3, -0.25) is 14.2 Å². The number of amides is 1. The Morgan fingerprint density at radius 3 is 2.07 bits per heavy atom. The molecule has 222 valence electrons. The van der Waals surface area contributed by atoms with Crippen molar-refractivity contribution in [1.82, 2.24) is 4.57 Å². The number of anilines is 1. The highest BCUT2D eigenvalue weighted by Crippen LogP contribution is 2.33.